The highest BCUT2D eigenvalue weighted by molar-refractivity contribution is 5.88. The van der Waals surface area contributed by atoms with Gasteiger partial charge in [-0.3, -0.25) is 9.78 Å². The zero-order valence-corrected chi connectivity index (χ0v) is 9.28. The first-order valence-corrected chi connectivity index (χ1v) is 6.04. The summed E-state index contributed by atoms with van der Waals surface area (Å²) in [4.78, 5) is 16.7. The lowest BCUT2D eigenvalue weighted by Crippen LogP contribution is -2.23. The van der Waals surface area contributed by atoms with Gasteiger partial charge in [-0.25, -0.2) is 0 Å². The van der Waals surface area contributed by atoms with Crippen LogP contribution in [0.25, 0.3) is 0 Å². The van der Waals surface area contributed by atoms with E-state index in [4.69, 9.17) is 0 Å². The number of hydrogen-bond acceptors (Lipinski definition) is 3. The molecular formula is C13H16N2O. The molecule has 0 bridgehead atoms. The van der Waals surface area contributed by atoms with E-state index in [1.807, 2.05) is 6.07 Å². The molecular weight excluding hydrogens is 200 g/mol. The summed E-state index contributed by atoms with van der Waals surface area (Å²) >= 11 is 0. The van der Waals surface area contributed by atoms with E-state index in [1.54, 1.807) is 6.20 Å². The minimum absolute atomic E-state index is 0.0705. The highest BCUT2D eigenvalue weighted by Crippen LogP contribution is 2.34. The standard InChI is InChI=1S/C13H16N2O/c16-13(10-5-7-14-8-10)11-4-3-9-2-1-6-15-12(9)11/h1-2,6,10-11,14H,3-5,7-8H2. The zero-order valence-electron chi connectivity index (χ0n) is 9.28. The molecule has 0 saturated carbocycles. The van der Waals surface area contributed by atoms with Crippen molar-refractivity contribution in [3.63, 3.8) is 0 Å². The van der Waals surface area contributed by atoms with Gasteiger partial charge in [-0.15, -0.1) is 0 Å². The smallest absolute Gasteiger partial charge is 0.146 e. The SMILES string of the molecule is O=C(C1CCNC1)C1CCc2cccnc21. The van der Waals surface area contributed by atoms with Crippen LogP contribution >= 0.6 is 0 Å². The Morgan fingerprint density at radius 3 is 3.19 bits per heavy atom. The van der Waals surface area contributed by atoms with Crippen molar-refractivity contribution in [2.24, 2.45) is 5.92 Å². The Kier molecular flexibility index (Phi) is 2.48. The number of nitrogens with zero attached hydrogens (tertiary/aromatic N) is 1. The van der Waals surface area contributed by atoms with Crippen LogP contribution in [0.15, 0.2) is 18.3 Å². The lowest BCUT2D eigenvalue weighted by atomic mass is 9.90. The zero-order chi connectivity index (χ0) is 11.0. The number of nitrogens with one attached hydrogen (secondary N) is 1. The Labute approximate surface area is 95.3 Å². The molecule has 84 valence electrons. The number of rotatable bonds is 2. The highest BCUT2D eigenvalue weighted by Gasteiger charge is 2.34. The topological polar surface area (TPSA) is 42.0 Å². The average molecular weight is 216 g/mol. The Balaban J connectivity index is 1.84. The van der Waals surface area contributed by atoms with Crippen molar-refractivity contribution in [1.29, 1.82) is 0 Å². The summed E-state index contributed by atoms with van der Waals surface area (Å²) in [5.41, 5.74) is 2.31. The molecule has 0 amide bonds. The molecule has 1 aromatic rings. The molecule has 2 heterocycles. The fourth-order valence-electron chi connectivity index (χ4n) is 2.87. The first-order valence-electron chi connectivity index (χ1n) is 6.04. The van der Waals surface area contributed by atoms with Crippen LogP contribution in [0, 0.1) is 5.92 Å². The Hall–Kier alpha value is -1.22. The van der Waals surface area contributed by atoms with Crippen LogP contribution in [0.1, 0.15) is 30.0 Å². The number of Topliss-reactive ketones (excluding diaryl/α,β-unsaturated/α-hetero) is 1. The third kappa shape index (κ3) is 1.55. The normalized spacial score (nSPS) is 28.0. The molecule has 2 atom stereocenters. The van der Waals surface area contributed by atoms with Gasteiger partial charge in [0.25, 0.3) is 0 Å². The molecule has 1 aliphatic heterocycles. The number of carbonyl (C=O) groups is 1. The van der Waals surface area contributed by atoms with Crippen LogP contribution in [0.2, 0.25) is 0 Å². The van der Waals surface area contributed by atoms with Gasteiger partial charge in [-0.05, 0) is 37.4 Å². The van der Waals surface area contributed by atoms with Crippen molar-refractivity contribution < 1.29 is 4.79 Å². The van der Waals surface area contributed by atoms with Gasteiger partial charge in [0, 0.05) is 18.7 Å². The van der Waals surface area contributed by atoms with E-state index in [0.717, 1.165) is 38.0 Å². The third-order valence-corrected chi connectivity index (χ3v) is 3.76. The molecule has 3 rings (SSSR count). The molecule has 1 aromatic heterocycles. The Morgan fingerprint density at radius 2 is 2.38 bits per heavy atom. The van der Waals surface area contributed by atoms with E-state index in [9.17, 15) is 4.79 Å². The van der Waals surface area contributed by atoms with Crippen molar-refractivity contribution in [2.45, 2.75) is 25.2 Å². The summed E-state index contributed by atoms with van der Waals surface area (Å²) in [6, 6.07) is 4.06. The van der Waals surface area contributed by atoms with E-state index in [2.05, 4.69) is 16.4 Å². The highest BCUT2D eigenvalue weighted by atomic mass is 16.1. The maximum Gasteiger partial charge on any atom is 0.146 e. The fraction of sp³-hybridized carbons (Fsp3) is 0.538. The first kappa shape index (κ1) is 9.97. The molecule has 0 aromatic carbocycles. The number of carbonyl (C=O) groups excluding carboxylic acids is 1. The van der Waals surface area contributed by atoms with Gasteiger partial charge in [0.2, 0.25) is 0 Å². The van der Waals surface area contributed by atoms with E-state index < -0.39 is 0 Å². The second-order valence-electron chi connectivity index (χ2n) is 4.73. The van der Waals surface area contributed by atoms with E-state index >= 15 is 0 Å². The second-order valence-corrected chi connectivity index (χ2v) is 4.73. The lowest BCUT2D eigenvalue weighted by Gasteiger charge is -2.13. The van der Waals surface area contributed by atoms with Crippen molar-refractivity contribution in [3.05, 3.63) is 29.6 Å². The molecule has 0 radical (unpaired) electrons. The predicted molar refractivity (Wildman–Crippen MR) is 61.3 cm³/mol. The van der Waals surface area contributed by atoms with Gasteiger partial charge >= 0.3 is 0 Å². The summed E-state index contributed by atoms with van der Waals surface area (Å²) < 4.78 is 0. The summed E-state index contributed by atoms with van der Waals surface area (Å²) in [5.74, 6) is 0.696. The number of pyridine rings is 1. The Bertz CT molecular complexity index is 410. The molecule has 0 spiro atoms. The van der Waals surface area contributed by atoms with Gasteiger partial charge in [-0.1, -0.05) is 6.07 Å². The summed E-state index contributed by atoms with van der Waals surface area (Å²) in [5, 5.41) is 3.26. The summed E-state index contributed by atoms with van der Waals surface area (Å²) in [6.45, 7) is 1.84. The predicted octanol–water partition coefficient (Wildman–Crippen LogP) is 1.29. The van der Waals surface area contributed by atoms with E-state index in [0.29, 0.717) is 5.78 Å². The van der Waals surface area contributed by atoms with Gasteiger partial charge in [0.05, 0.1) is 11.6 Å². The lowest BCUT2D eigenvalue weighted by molar-refractivity contribution is -0.123. The van der Waals surface area contributed by atoms with Crippen molar-refractivity contribution in [1.82, 2.24) is 10.3 Å². The maximum atomic E-state index is 12.3. The van der Waals surface area contributed by atoms with Crippen LogP contribution in [-0.4, -0.2) is 23.9 Å². The molecule has 16 heavy (non-hydrogen) atoms. The molecule has 2 aliphatic rings. The third-order valence-electron chi connectivity index (χ3n) is 3.76. The monoisotopic (exact) mass is 216 g/mol. The largest absolute Gasteiger partial charge is 0.316 e. The molecule has 3 nitrogen and oxygen atoms in total. The minimum Gasteiger partial charge on any atom is -0.316 e. The molecule has 3 heteroatoms. The first-order chi connectivity index (χ1) is 7.86. The Morgan fingerprint density at radius 1 is 1.44 bits per heavy atom. The number of ketones is 1. The molecule has 1 fully saturated rings. The molecule has 1 N–H and O–H groups in total. The quantitative estimate of drug-likeness (QED) is 0.810. The van der Waals surface area contributed by atoms with Gasteiger partial charge in [-0.2, -0.15) is 0 Å². The van der Waals surface area contributed by atoms with Crippen LogP contribution < -0.4 is 5.32 Å². The van der Waals surface area contributed by atoms with Gasteiger partial charge in [0.1, 0.15) is 5.78 Å². The average Bonchev–Trinajstić information content (AvgIpc) is 2.98. The number of fused-ring (bicyclic) bond motifs is 1. The van der Waals surface area contributed by atoms with E-state index in [-0.39, 0.29) is 11.8 Å². The minimum atomic E-state index is 0.0705. The van der Waals surface area contributed by atoms with Crippen molar-refractivity contribution in [3.8, 4) is 0 Å². The van der Waals surface area contributed by atoms with Crippen LogP contribution in [-0.2, 0) is 11.2 Å². The number of aryl methyl sites for hydroxylation is 1. The van der Waals surface area contributed by atoms with Gasteiger partial charge in [0.15, 0.2) is 0 Å². The number of hydrogen-bond donors (Lipinski definition) is 1. The van der Waals surface area contributed by atoms with Crippen LogP contribution in [0.4, 0.5) is 0 Å². The number of aromatic nitrogens is 1. The van der Waals surface area contributed by atoms with Crippen molar-refractivity contribution in [2.75, 3.05) is 13.1 Å². The van der Waals surface area contributed by atoms with E-state index in [1.165, 1.54) is 5.56 Å². The van der Waals surface area contributed by atoms with Crippen molar-refractivity contribution >= 4 is 5.78 Å². The van der Waals surface area contributed by atoms with Crippen LogP contribution in [0.3, 0.4) is 0 Å². The molecule has 2 unspecified atom stereocenters. The summed E-state index contributed by atoms with van der Waals surface area (Å²) in [7, 11) is 0. The summed E-state index contributed by atoms with van der Waals surface area (Å²) in [6.07, 6.45) is 4.77. The molecule has 1 saturated heterocycles. The fourth-order valence-corrected chi connectivity index (χ4v) is 2.87. The molecule has 1 aliphatic carbocycles. The second kappa shape index (κ2) is 3.98. The maximum absolute atomic E-state index is 12.3. The van der Waals surface area contributed by atoms with Crippen LogP contribution in [0.5, 0.6) is 0 Å². The van der Waals surface area contributed by atoms with Gasteiger partial charge < -0.3 is 5.32 Å².